The highest BCUT2D eigenvalue weighted by atomic mass is 19.1. The Bertz CT molecular complexity index is 564. The number of aryl methyl sites for hydroxylation is 1. The first-order valence-corrected chi connectivity index (χ1v) is 5.92. The molecule has 0 saturated carbocycles. The number of halogens is 1. The lowest BCUT2D eigenvalue weighted by Gasteiger charge is -2.12. The van der Waals surface area contributed by atoms with Gasteiger partial charge in [0.1, 0.15) is 12.4 Å². The van der Waals surface area contributed by atoms with Crippen LogP contribution in [0.15, 0.2) is 36.4 Å². The van der Waals surface area contributed by atoms with Gasteiger partial charge in [0.05, 0.1) is 12.8 Å². The molecule has 2 aromatic carbocycles. The van der Waals surface area contributed by atoms with Crippen molar-refractivity contribution in [1.29, 1.82) is 0 Å². The highest BCUT2D eigenvalue weighted by Crippen LogP contribution is 2.27. The zero-order chi connectivity index (χ0) is 13.8. The molecule has 0 aliphatic heterocycles. The number of methoxy groups -OCH3 is 1. The summed E-state index contributed by atoms with van der Waals surface area (Å²) in [6.45, 7) is 2.18. The van der Waals surface area contributed by atoms with Gasteiger partial charge in [-0.2, -0.15) is 0 Å². The summed E-state index contributed by atoms with van der Waals surface area (Å²) in [5.41, 5.74) is 8.10. The zero-order valence-corrected chi connectivity index (χ0v) is 10.9. The van der Waals surface area contributed by atoms with Crippen LogP contribution >= 0.6 is 0 Å². The van der Waals surface area contributed by atoms with Crippen LogP contribution < -0.4 is 15.2 Å². The van der Waals surface area contributed by atoms with Crippen LogP contribution in [0.25, 0.3) is 0 Å². The minimum atomic E-state index is -0.402. The molecule has 0 atom stereocenters. The second kappa shape index (κ2) is 5.61. The molecule has 0 heterocycles. The molecule has 0 aromatic heterocycles. The van der Waals surface area contributed by atoms with Crippen molar-refractivity contribution in [3.63, 3.8) is 0 Å². The van der Waals surface area contributed by atoms with E-state index < -0.39 is 5.82 Å². The maximum Gasteiger partial charge on any atom is 0.165 e. The van der Waals surface area contributed by atoms with E-state index in [1.807, 2.05) is 19.1 Å². The SMILES string of the molecule is COc1ccc(COc2c(C)cccc2N)cc1F. The molecule has 19 heavy (non-hydrogen) atoms. The van der Waals surface area contributed by atoms with Gasteiger partial charge in [0.2, 0.25) is 0 Å². The van der Waals surface area contributed by atoms with Crippen molar-refractivity contribution in [2.75, 3.05) is 12.8 Å². The van der Waals surface area contributed by atoms with E-state index in [1.165, 1.54) is 13.2 Å². The summed E-state index contributed by atoms with van der Waals surface area (Å²) in [5, 5.41) is 0. The summed E-state index contributed by atoms with van der Waals surface area (Å²) in [4.78, 5) is 0. The van der Waals surface area contributed by atoms with Gasteiger partial charge in [0.15, 0.2) is 11.6 Å². The second-order valence-electron chi connectivity index (χ2n) is 4.25. The van der Waals surface area contributed by atoms with Crippen molar-refractivity contribution in [3.8, 4) is 11.5 Å². The molecule has 0 spiro atoms. The van der Waals surface area contributed by atoms with E-state index in [4.69, 9.17) is 15.2 Å². The van der Waals surface area contributed by atoms with Crippen molar-refractivity contribution in [1.82, 2.24) is 0 Å². The highest BCUT2D eigenvalue weighted by molar-refractivity contribution is 5.56. The van der Waals surface area contributed by atoms with Gasteiger partial charge in [-0.15, -0.1) is 0 Å². The number of rotatable bonds is 4. The Morgan fingerprint density at radius 3 is 2.63 bits per heavy atom. The maximum atomic E-state index is 13.5. The van der Waals surface area contributed by atoms with Crippen LogP contribution in [0.4, 0.5) is 10.1 Å². The molecule has 2 rings (SSSR count). The summed E-state index contributed by atoms with van der Waals surface area (Å²) in [7, 11) is 1.43. The Hall–Kier alpha value is -2.23. The Morgan fingerprint density at radius 2 is 2.00 bits per heavy atom. The van der Waals surface area contributed by atoms with Gasteiger partial charge in [-0.05, 0) is 36.2 Å². The van der Waals surface area contributed by atoms with Crippen molar-refractivity contribution in [2.24, 2.45) is 0 Å². The summed E-state index contributed by atoms with van der Waals surface area (Å²) in [6, 6.07) is 10.3. The average molecular weight is 261 g/mol. The lowest BCUT2D eigenvalue weighted by atomic mass is 10.2. The van der Waals surface area contributed by atoms with E-state index in [0.29, 0.717) is 11.4 Å². The summed E-state index contributed by atoms with van der Waals surface area (Å²) >= 11 is 0. The number of benzene rings is 2. The Labute approximate surface area is 111 Å². The van der Waals surface area contributed by atoms with Crippen LogP contribution in [-0.2, 0) is 6.61 Å². The molecule has 0 aliphatic rings. The number of anilines is 1. The minimum Gasteiger partial charge on any atom is -0.494 e. The fraction of sp³-hybridized carbons (Fsp3) is 0.200. The van der Waals surface area contributed by atoms with Crippen molar-refractivity contribution in [3.05, 3.63) is 53.3 Å². The molecule has 3 nitrogen and oxygen atoms in total. The molecule has 2 N–H and O–H groups in total. The molecule has 4 heteroatoms. The maximum absolute atomic E-state index is 13.5. The van der Waals surface area contributed by atoms with Crippen molar-refractivity contribution >= 4 is 5.69 Å². The minimum absolute atomic E-state index is 0.221. The Morgan fingerprint density at radius 1 is 1.21 bits per heavy atom. The third-order valence-corrected chi connectivity index (χ3v) is 2.84. The Balaban J connectivity index is 2.13. The van der Waals surface area contributed by atoms with E-state index in [0.717, 1.165) is 11.1 Å². The van der Waals surface area contributed by atoms with Gasteiger partial charge < -0.3 is 15.2 Å². The molecule has 0 aliphatic carbocycles. The average Bonchev–Trinajstić information content (AvgIpc) is 2.38. The first-order valence-electron chi connectivity index (χ1n) is 5.92. The molecule has 0 radical (unpaired) electrons. The van der Waals surface area contributed by atoms with E-state index in [1.54, 1.807) is 18.2 Å². The number of ether oxygens (including phenoxy) is 2. The quantitative estimate of drug-likeness (QED) is 0.859. The topological polar surface area (TPSA) is 44.5 Å². The summed E-state index contributed by atoms with van der Waals surface area (Å²) < 4.78 is 24.0. The van der Waals surface area contributed by atoms with E-state index in [-0.39, 0.29) is 12.4 Å². The summed E-state index contributed by atoms with van der Waals surface area (Å²) in [6.07, 6.45) is 0. The fourth-order valence-electron chi connectivity index (χ4n) is 1.83. The molecule has 100 valence electrons. The molecule has 0 saturated heterocycles. The first kappa shape index (κ1) is 13.2. The molecule has 0 fully saturated rings. The number of nitrogen functional groups attached to an aromatic ring is 1. The third-order valence-electron chi connectivity index (χ3n) is 2.84. The standard InChI is InChI=1S/C15H16FNO2/c1-10-4-3-5-13(17)15(10)19-9-11-6-7-14(18-2)12(16)8-11/h3-8H,9,17H2,1-2H3. The lowest BCUT2D eigenvalue weighted by molar-refractivity contribution is 0.304. The van der Waals surface area contributed by atoms with Crippen LogP contribution in [0.5, 0.6) is 11.5 Å². The smallest absolute Gasteiger partial charge is 0.165 e. The highest BCUT2D eigenvalue weighted by Gasteiger charge is 2.07. The number of hydrogen-bond acceptors (Lipinski definition) is 3. The first-order chi connectivity index (χ1) is 9.11. The number of para-hydroxylation sites is 1. The Kier molecular flexibility index (Phi) is 3.90. The predicted octanol–water partition coefficient (Wildman–Crippen LogP) is 3.30. The van der Waals surface area contributed by atoms with E-state index in [2.05, 4.69) is 0 Å². The van der Waals surface area contributed by atoms with Crippen LogP contribution in [0.3, 0.4) is 0 Å². The molecular formula is C15H16FNO2. The van der Waals surface area contributed by atoms with Gasteiger partial charge in [0.25, 0.3) is 0 Å². The monoisotopic (exact) mass is 261 g/mol. The van der Waals surface area contributed by atoms with Crippen LogP contribution in [-0.4, -0.2) is 7.11 Å². The van der Waals surface area contributed by atoms with Crippen LogP contribution in [0.1, 0.15) is 11.1 Å². The van der Waals surface area contributed by atoms with Crippen LogP contribution in [0, 0.1) is 12.7 Å². The van der Waals surface area contributed by atoms with Gasteiger partial charge >= 0.3 is 0 Å². The predicted molar refractivity (Wildman–Crippen MR) is 72.9 cm³/mol. The van der Waals surface area contributed by atoms with Gasteiger partial charge in [-0.25, -0.2) is 4.39 Å². The second-order valence-corrected chi connectivity index (χ2v) is 4.25. The molecule has 0 bridgehead atoms. The molecular weight excluding hydrogens is 245 g/mol. The number of hydrogen-bond donors (Lipinski definition) is 1. The van der Waals surface area contributed by atoms with Gasteiger partial charge in [0, 0.05) is 0 Å². The normalized spacial score (nSPS) is 10.3. The van der Waals surface area contributed by atoms with Crippen molar-refractivity contribution < 1.29 is 13.9 Å². The van der Waals surface area contributed by atoms with E-state index in [9.17, 15) is 4.39 Å². The zero-order valence-electron chi connectivity index (χ0n) is 10.9. The largest absolute Gasteiger partial charge is 0.494 e. The molecule has 0 unspecified atom stereocenters. The van der Waals surface area contributed by atoms with Gasteiger partial charge in [-0.3, -0.25) is 0 Å². The van der Waals surface area contributed by atoms with Gasteiger partial charge in [-0.1, -0.05) is 18.2 Å². The van der Waals surface area contributed by atoms with E-state index >= 15 is 0 Å². The lowest BCUT2D eigenvalue weighted by Crippen LogP contribution is -2.01. The van der Waals surface area contributed by atoms with Crippen molar-refractivity contribution in [2.45, 2.75) is 13.5 Å². The molecule has 2 aromatic rings. The van der Waals surface area contributed by atoms with Crippen LogP contribution in [0.2, 0.25) is 0 Å². The molecule has 0 amide bonds. The number of nitrogens with two attached hydrogens (primary N) is 1. The fourth-order valence-corrected chi connectivity index (χ4v) is 1.83. The third kappa shape index (κ3) is 2.96. The summed E-state index contributed by atoms with van der Waals surface area (Å²) in [5.74, 6) is 0.458.